The highest BCUT2D eigenvalue weighted by Crippen LogP contribution is 2.50. The SMILES string of the molecule is CCc1n([C@H]2CC[C@@H](C(C(N)=O)(c3ccccc3)c3ccccc3)C2)cc[n+]1CCOC.Cc1ccc(S(=O)(=O)[O-])cc1. The number of primary amides is 1. The molecule has 1 aromatic heterocycles. The quantitative estimate of drug-likeness (QED) is 0.208. The smallest absolute Gasteiger partial charge is 0.256 e. The van der Waals surface area contributed by atoms with Crippen molar-refractivity contribution in [3.05, 3.63) is 120 Å². The van der Waals surface area contributed by atoms with Crippen LogP contribution in [0.5, 0.6) is 0 Å². The number of rotatable bonds is 10. The maximum absolute atomic E-state index is 13.3. The predicted molar refractivity (Wildman–Crippen MR) is 164 cm³/mol. The van der Waals surface area contributed by atoms with Gasteiger partial charge in [0.05, 0.1) is 11.5 Å². The van der Waals surface area contributed by atoms with Gasteiger partial charge in [0, 0.05) is 13.5 Å². The Bertz CT molecular complexity index is 1550. The van der Waals surface area contributed by atoms with E-state index in [0.717, 1.165) is 48.9 Å². The highest BCUT2D eigenvalue weighted by molar-refractivity contribution is 7.85. The molecule has 0 radical (unpaired) electrons. The van der Waals surface area contributed by atoms with Gasteiger partial charge in [-0.2, -0.15) is 0 Å². The van der Waals surface area contributed by atoms with Crippen molar-refractivity contribution in [2.45, 2.75) is 62.4 Å². The lowest BCUT2D eigenvalue weighted by atomic mass is 9.64. The van der Waals surface area contributed by atoms with Gasteiger partial charge in [-0.3, -0.25) is 4.79 Å². The molecule has 228 valence electrons. The summed E-state index contributed by atoms with van der Waals surface area (Å²) in [6.45, 7) is 5.56. The summed E-state index contributed by atoms with van der Waals surface area (Å²) in [6.07, 6.45) is 8.20. The summed E-state index contributed by atoms with van der Waals surface area (Å²) in [4.78, 5) is 13.1. The number of nitrogens with two attached hydrogens (primary N) is 1. The molecule has 1 aliphatic rings. The summed E-state index contributed by atoms with van der Waals surface area (Å²) in [5.74, 6) is 1.17. The Morgan fingerprint density at radius 2 is 1.58 bits per heavy atom. The number of aromatic nitrogens is 2. The molecule has 1 heterocycles. The molecule has 1 amide bonds. The largest absolute Gasteiger partial charge is 0.744 e. The summed E-state index contributed by atoms with van der Waals surface area (Å²) in [5.41, 5.74) is 8.33. The van der Waals surface area contributed by atoms with Crippen LogP contribution in [0.25, 0.3) is 0 Å². The van der Waals surface area contributed by atoms with Crippen LogP contribution in [0.1, 0.15) is 54.7 Å². The summed E-state index contributed by atoms with van der Waals surface area (Å²) in [7, 11) is -2.53. The van der Waals surface area contributed by atoms with E-state index in [1.165, 1.54) is 18.0 Å². The third kappa shape index (κ3) is 7.06. The molecular formula is C34H41N3O5S. The fraction of sp³-hybridized carbons (Fsp3) is 0.353. The molecule has 2 atom stereocenters. The Morgan fingerprint density at radius 3 is 2.07 bits per heavy atom. The van der Waals surface area contributed by atoms with Gasteiger partial charge in [0.15, 0.2) is 0 Å². The number of carbonyl (C=O) groups excluding carboxylic acids is 1. The average Bonchev–Trinajstić information content (AvgIpc) is 3.65. The van der Waals surface area contributed by atoms with E-state index in [-0.39, 0.29) is 16.7 Å². The lowest BCUT2D eigenvalue weighted by Gasteiger charge is -2.37. The van der Waals surface area contributed by atoms with Crippen LogP contribution in [0.2, 0.25) is 0 Å². The van der Waals surface area contributed by atoms with E-state index >= 15 is 0 Å². The molecule has 8 nitrogen and oxygen atoms in total. The molecule has 9 heteroatoms. The van der Waals surface area contributed by atoms with Crippen molar-refractivity contribution in [3.63, 3.8) is 0 Å². The van der Waals surface area contributed by atoms with Crippen LogP contribution in [-0.4, -0.2) is 37.2 Å². The second kappa shape index (κ2) is 14.1. The van der Waals surface area contributed by atoms with E-state index in [1.54, 1.807) is 19.2 Å². The van der Waals surface area contributed by atoms with Crippen molar-refractivity contribution in [3.8, 4) is 0 Å². The van der Waals surface area contributed by atoms with Crippen molar-refractivity contribution in [2.24, 2.45) is 11.7 Å². The topological polar surface area (TPSA) is 118 Å². The zero-order chi connectivity index (χ0) is 31.0. The standard InChI is InChI=1S/C27H33N3O2.C7H8O3S/c1-3-25-29(18-19-32-2)16-17-30(25)24-15-14-23(20-24)27(26(28)31,21-10-6-4-7-11-21)22-12-8-5-9-13-22;1-6-2-4-7(5-3-6)11(8,9)10/h4-13,16-17,23-24H,3,14-15,18-20H2,1-2H3,(H-,28,31);2-5H,1H3,(H,8,9,10)/t23-,24+;/m1./s1. The Balaban J connectivity index is 0.000000324. The Kier molecular flexibility index (Phi) is 10.6. The van der Waals surface area contributed by atoms with Gasteiger partial charge in [0.1, 0.15) is 40.5 Å². The minimum Gasteiger partial charge on any atom is -0.744 e. The first kappa shape index (κ1) is 32.1. The van der Waals surface area contributed by atoms with E-state index in [0.29, 0.717) is 12.6 Å². The van der Waals surface area contributed by atoms with Gasteiger partial charge < -0.3 is 15.0 Å². The molecule has 0 aliphatic heterocycles. The number of nitrogens with zero attached hydrogens (tertiary/aromatic N) is 2. The van der Waals surface area contributed by atoms with E-state index in [2.05, 4.69) is 52.7 Å². The van der Waals surface area contributed by atoms with Gasteiger partial charge in [-0.1, -0.05) is 85.3 Å². The van der Waals surface area contributed by atoms with Crippen LogP contribution in [-0.2, 0) is 38.0 Å². The molecule has 2 N–H and O–H groups in total. The summed E-state index contributed by atoms with van der Waals surface area (Å²) < 4.78 is 41.1. The fourth-order valence-corrected chi connectivity index (χ4v) is 6.89. The molecule has 0 unspecified atom stereocenters. The Hall–Kier alpha value is -3.79. The predicted octanol–water partition coefficient (Wildman–Crippen LogP) is 4.70. The second-order valence-electron chi connectivity index (χ2n) is 11.0. The Labute approximate surface area is 254 Å². The van der Waals surface area contributed by atoms with Gasteiger partial charge in [-0.25, -0.2) is 17.6 Å². The lowest BCUT2D eigenvalue weighted by Crippen LogP contribution is -2.47. The number of hydrogen-bond acceptors (Lipinski definition) is 5. The minimum absolute atomic E-state index is 0.134. The third-order valence-electron chi connectivity index (χ3n) is 8.46. The molecule has 3 aromatic carbocycles. The highest BCUT2D eigenvalue weighted by Gasteiger charge is 2.51. The van der Waals surface area contributed by atoms with Crippen molar-refractivity contribution >= 4 is 16.0 Å². The molecule has 5 rings (SSSR count). The molecule has 43 heavy (non-hydrogen) atoms. The summed E-state index contributed by atoms with van der Waals surface area (Å²) in [5, 5.41) is 0. The second-order valence-corrected chi connectivity index (χ2v) is 12.4. The maximum Gasteiger partial charge on any atom is 0.256 e. The molecule has 0 spiro atoms. The lowest BCUT2D eigenvalue weighted by molar-refractivity contribution is -0.705. The molecule has 1 aliphatic carbocycles. The zero-order valence-corrected chi connectivity index (χ0v) is 25.9. The molecule has 1 saturated carbocycles. The number of hydrogen-bond donors (Lipinski definition) is 1. The monoisotopic (exact) mass is 603 g/mol. The van der Waals surface area contributed by atoms with Gasteiger partial charge in [0.2, 0.25) is 5.91 Å². The molecule has 0 saturated heterocycles. The number of methoxy groups -OCH3 is 1. The van der Waals surface area contributed by atoms with Crippen molar-refractivity contribution in [1.82, 2.24) is 4.57 Å². The van der Waals surface area contributed by atoms with Crippen LogP contribution >= 0.6 is 0 Å². The van der Waals surface area contributed by atoms with E-state index in [9.17, 15) is 17.8 Å². The van der Waals surface area contributed by atoms with Crippen LogP contribution < -0.4 is 10.3 Å². The Morgan fingerprint density at radius 1 is 1.00 bits per heavy atom. The number of ether oxygens (including phenoxy) is 1. The normalized spacial score (nSPS) is 16.8. The van der Waals surface area contributed by atoms with Crippen molar-refractivity contribution < 1.29 is 27.1 Å². The van der Waals surface area contributed by atoms with Crippen LogP contribution in [0.15, 0.2) is 102 Å². The van der Waals surface area contributed by atoms with Crippen LogP contribution in [0.4, 0.5) is 0 Å². The molecule has 1 fully saturated rings. The average molecular weight is 604 g/mol. The molecule has 0 bridgehead atoms. The number of imidazole rings is 1. The van der Waals surface area contributed by atoms with Crippen molar-refractivity contribution in [2.75, 3.05) is 13.7 Å². The van der Waals surface area contributed by atoms with Gasteiger partial charge in [0.25, 0.3) is 5.82 Å². The number of amides is 1. The fourth-order valence-electron chi connectivity index (χ4n) is 6.42. The summed E-state index contributed by atoms with van der Waals surface area (Å²) in [6, 6.07) is 26.3. The molecular weight excluding hydrogens is 562 g/mol. The number of benzene rings is 3. The highest BCUT2D eigenvalue weighted by atomic mass is 32.2. The first-order chi connectivity index (χ1) is 20.6. The van der Waals surface area contributed by atoms with Crippen LogP contribution in [0.3, 0.4) is 0 Å². The third-order valence-corrected chi connectivity index (χ3v) is 9.31. The maximum atomic E-state index is 13.3. The summed E-state index contributed by atoms with van der Waals surface area (Å²) >= 11 is 0. The van der Waals surface area contributed by atoms with E-state index in [1.807, 2.05) is 43.3 Å². The van der Waals surface area contributed by atoms with E-state index < -0.39 is 15.5 Å². The van der Waals surface area contributed by atoms with Crippen LogP contribution in [0, 0.1) is 12.8 Å². The number of carbonyl (C=O) groups is 1. The first-order valence-electron chi connectivity index (χ1n) is 14.6. The van der Waals surface area contributed by atoms with Crippen molar-refractivity contribution in [1.29, 1.82) is 0 Å². The van der Waals surface area contributed by atoms with E-state index in [4.69, 9.17) is 10.5 Å². The minimum atomic E-state index is -4.27. The van der Waals surface area contributed by atoms with Gasteiger partial charge in [-0.15, -0.1) is 0 Å². The first-order valence-corrected chi connectivity index (χ1v) is 16.0. The molecule has 4 aromatic rings. The zero-order valence-electron chi connectivity index (χ0n) is 25.1. The van der Waals surface area contributed by atoms with Gasteiger partial charge >= 0.3 is 0 Å². The van der Waals surface area contributed by atoms with Gasteiger partial charge in [-0.05, 0) is 55.4 Å². The number of aryl methyl sites for hydroxylation is 1.